The number of fused-ring (bicyclic) bond motifs is 1. The van der Waals surface area contributed by atoms with Gasteiger partial charge in [0.1, 0.15) is 5.75 Å². The highest BCUT2D eigenvalue weighted by atomic mass is 16.5. The summed E-state index contributed by atoms with van der Waals surface area (Å²) in [5, 5.41) is 0. The lowest BCUT2D eigenvalue weighted by Gasteiger charge is -2.26. The second-order valence-corrected chi connectivity index (χ2v) is 5.62. The molecule has 2 aromatic rings. The van der Waals surface area contributed by atoms with Crippen LogP contribution in [0.3, 0.4) is 0 Å². The molecule has 3 nitrogen and oxygen atoms in total. The standard InChI is InChI=1S/C19H21NO2/c1-3-4-13-20-18(14-9-11-15(22-2)12-10-14)16-7-5-6-8-17(16)19(20)21/h5-12,18H,3-4,13H2,1-2H3/t18-/m1/s1. The third-order valence-electron chi connectivity index (χ3n) is 4.24. The Bertz CT molecular complexity index is 663. The fourth-order valence-electron chi connectivity index (χ4n) is 3.07. The first-order chi connectivity index (χ1) is 10.8. The van der Waals surface area contributed by atoms with E-state index in [1.54, 1.807) is 7.11 Å². The van der Waals surface area contributed by atoms with Gasteiger partial charge in [0.05, 0.1) is 13.2 Å². The van der Waals surface area contributed by atoms with Gasteiger partial charge < -0.3 is 9.64 Å². The van der Waals surface area contributed by atoms with Gasteiger partial charge in [-0.1, -0.05) is 43.7 Å². The van der Waals surface area contributed by atoms with Gasteiger partial charge in [-0.15, -0.1) is 0 Å². The number of carbonyl (C=O) groups excluding carboxylic acids is 1. The number of benzene rings is 2. The lowest BCUT2D eigenvalue weighted by molar-refractivity contribution is 0.0747. The highest BCUT2D eigenvalue weighted by Crippen LogP contribution is 2.38. The summed E-state index contributed by atoms with van der Waals surface area (Å²) in [6.07, 6.45) is 2.10. The van der Waals surface area contributed by atoms with Crippen LogP contribution in [0.15, 0.2) is 48.5 Å². The van der Waals surface area contributed by atoms with Crippen LogP contribution in [0.25, 0.3) is 0 Å². The first-order valence-corrected chi connectivity index (χ1v) is 7.80. The van der Waals surface area contributed by atoms with Gasteiger partial charge in [0.2, 0.25) is 0 Å². The van der Waals surface area contributed by atoms with Crippen LogP contribution in [0.5, 0.6) is 5.75 Å². The maximum Gasteiger partial charge on any atom is 0.255 e. The number of hydrogen-bond acceptors (Lipinski definition) is 2. The van der Waals surface area contributed by atoms with Crippen LogP contribution in [0.1, 0.15) is 47.3 Å². The fourth-order valence-corrected chi connectivity index (χ4v) is 3.07. The maximum absolute atomic E-state index is 12.7. The summed E-state index contributed by atoms with van der Waals surface area (Å²) in [4.78, 5) is 14.7. The van der Waals surface area contributed by atoms with E-state index in [9.17, 15) is 4.79 Å². The zero-order valence-corrected chi connectivity index (χ0v) is 13.1. The number of amides is 1. The van der Waals surface area contributed by atoms with Gasteiger partial charge in [-0.3, -0.25) is 4.79 Å². The molecule has 0 aromatic heterocycles. The van der Waals surface area contributed by atoms with Crippen molar-refractivity contribution in [3.8, 4) is 5.75 Å². The molecule has 1 atom stereocenters. The molecule has 0 saturated heterocycles. The Morgan fingerprint density at radius 3 is 2.50 bits per heavy atom. The lowest BCUT2D eigenvalue weighted by Crippen LogP contribution is -2.29. The van der Waals surface area contributed by atoms with Crippen molar-refractivity contribution in [3.63, 3.8) is 0 Å². The molecule has 3 rings (SSSR count). The van der Waals surface area contributed by atoms with Crippen LogP contribution in [-0.4, -0.2) is 24.5 Å². The molecule has 0 N–H and O–H groups in total. The minimum atomic E-state index is 0.0150. The normalized spacial score (nSPS) is 16.7. The maximum atomic E-state index is 12.7. The Morgan fingerprint density at radius 2 is 1.82 bits per heavy atom. The lowest BCUT2D eigenvalue weighted by atomic mass is 9.98. The van der Waals surface area contributed by atoms with Crippen molar-refractivity contribution in [1.82, 2.24) is 4.90 Å². The largest absolute Gasteiger partial charge is 0.497 e. The molecule has 1 amide bonds. The topological polar surface area (TPSA) is 29.5 Å². The number of hydrogen-bond donors (Lipinski definition) is 0. The van der Waals surface area contributed by atoms with Crippen molar-refractivity contribution in [2.45, 2.75) is 25.8 Å². The predicted octanol–water partition coefficient (Wildman–Crippen LogP) is 4.04. The molecule has 0 saturated carbocycles. The summed E-state index contributed by atoms with van der Waals surface area (Å²) in [6.45, 7) is 2.94. The predicted molar refractivity (Wildman–Crippen MR) is 87.2 cm³/mol. The van der Waals surface area contributed by atoms with E-state index < -0.39 is 0 Å². The average molecular weight is 295 g/mol. The molecule has 114 valence electrons. The molecular formula is C19H21NO2. The SMILES string of the molecule is CCCCN1C(=O)c2ccccc2[C@H]1c1ccc(OC)cc1. The molecule has 22 heavy (non-hydrogen) atoms. The molecule has 0 bridgehead atoms. The zero-order valence-electron chi connectivity index (χ0n) is 13.1. The molecule has 3 heteroatoms. The van der Waals surface area contributed by atoms with E-state index in [1.807, 2.05) is 35.2 Å². The van der Waals surface area contributed by atoms with Crippen LogP contribution in [0.2, 0.25) is 0 Å². The van der Waals surface area contributed by atoms with Crippen molar-refractivity contribution < 1.29 is 9.53 Å². The minimum absolute atomic E-state index is 0.0150. The highest BCUT2D eigenvalue weighted by Gasteiger charge is 2.36. The number of nitrogens with zero attached hydrogens (tertiary/aromatic N) is 1. The van der Waals surface area contributed by atoms with E-state index in [2.05, 4.69) is 25.1 Å². The van der Waals surface area contributed by atoms with E-state index in [-0.39, 0.29) is 11.9 Å². The van der Waals surface area contributed by atoms with E-state index in [0.29, 0.717) is 0 Å². The van der Waals surface area contributed by atoms with Crippen molar-refractivity contribution in [3.05, 3.63) is 65.2 Å². The Morgan fingerprint density at radius 1 is 1.09 bits per heavy atom. The third kappa shape index (κ3) is 2.47. The number of unbranched alkanes of at least 4 members (excludes halogenated alkanes) is 1. The number of methoxy groups -OCH3 is 1. The van der Waals surface area contributed by atoms with Crippen LogP contribution < -0.4 is 4.74 Å². The van der Waals surface area contributed by atoms with Gasteiger partial charge in [-0.2, -0.15) is 0 Å². The smallest absolute Gasteiger partial charge is 0.255 e. The van der Waals surface area contributed by atoms with Crippen molar-refractivity contribution in [2.24, 2.45) is 0 Å². The van der Waals surface area contributed by atoms with Crippen LogP contribution in [-0.2, 0) is 0 Å². The van der Waals surface area contributed by atoms with Crippen LogP contribution in [0.4, 0.5) is 0 Å². The molecule has 0 unspecified atom stereocenters. The Kier molecular flexibility index (Phi) is 4.14. The molecule has 1 aliphatic rings. The van der Waals surface area contributed by atoms with Gasteiger partial charge in [0.15, 0.2) is 0 Å². The van der Waals surface area contributed by atoms with Crippen molar-refractivity contribution in [1.29, 1.82) is 0 Å². The van der Waals surface area contributed by atoms with Crippen LogP contribution in [0, 0.1) is 0 Å². The number of ether oxygens (including phenoxy) is 1. The Balaban J connectivity index is 2.01. The molecule has 0 aliphatic carbocycles. The summed E-state index contributed by atoms with van der Waals surface area (Å²) < 4.78 is 5.23. The fraction of sp³-hybridized carbons (Fsp3) is 0.316. The molecule has 1 aliphatic heterocycles. The quantitative estimate of drug-likeness (QED) is 0.833. The number of carbonyl (C=O) groups is 1. The van der Waals surface area contributed by atoms with E-state index in [1.165, 1.54) is 0 Å². The summed E-state index contributed by atoms with van der Waals surface area (Å²) >= 11 is 0. The Labute approximate surface area is 131 Å². The molecule has 0 spiro atoms. The molecule has 2 aromatic carbocycles. The number of rotatable bonds is 5. The monoisotopic (exact) mass is 295 g/mol. The van der Waals surface area contributed by atoms with Crippen molar-refractivity contribution in [2.75, 3.05) is 13.7 Å². The summed E-state index contributed by atoms with van der Waals surface area (Å²) in [5.74, 6) is 0.978. The Hall–Kier alpha value is -2.29. The average Bonchev–Trinajstić information content (AvgIpc) is 2.86. The van der Waals surface area contributed by atoms with Gasteiger partial charge in [0, 0.05) is 12.1 Å². The summed E-state index contributed by atoms with van der Waals surface area (Å²) in [6, 6.07) is 16.0. The first kappa shape index (κ1) is 14.6. The first-order valence-electron chi connectivity index (χ1n) is 7.80. The molecule has 0 fully saturated rings. The highest BCUT2D eigenvalue weighted by molar-refractivity contribution is 5.99. The zero-order chi connectivity index (χ0) is 15.5. The van der Waals surface area contributed by atoms with Gasteiger partial charge in [-0.05, 0) is 35.7 Å². The van der Waals surface area contributed by atoms with E-state index in [4.69, 9.17) is 4.74 Å². The van der Waals surface area contributed by atoms with Gasteiger partial charge in [-0.25, -0.2) is 0 Å². The second-order valence-electron chi connectivity index (χ2n) is 5.62. The molecule has 0 radical (unpaired) electrons. The molecule has 1 heterocycles. The van der Waals surface area contributed by atoms with E-state index >= 15 is 0 Å². The minimum Gasteiger partial charge on any atom is -0.497 e. The van der Waals surface area contributed by atoms with E-state index in [0.717, 1.165) is 41.8 Å². The van der Waals surface area contributed by atoms with Gasteiger partial charge in [0.25, 0.3) is 5.91 Å². The van der Waals surface area contributed by atoms with Crippen LogP contribution >= 0.6 is 0 Å². The van der Waals surface area contributed by atoms with Gasteiger partial charge >= 0.3 is 0 Å². The molecular weight excluding hydrogens is 274 g/mol. The summed E-state index contributed by atoms with van der Waals surface area (Å²) in [7, 11) is 1.66. The second kappa shape index (κ2) is 6.22. The summed E-state index contributed by atoms with van der Waals surface area (Å²) in [5.41, 5.74) is 3.07. The third-order valence-corrected chi connectivity index (χ3v) is 4.24. The van der Waals surface area contributed by atoms with Crippen molar-refractivity contribution >= 4 is 5.91 Å².